The Morgan fingerprint density at radius 2 is 1.02 bits per heavy atom. The van der Waals surface area contributed by atoms with E-state index in [1.54, 1.807) is 22.7 Å². The number of hydrogen-bond donors (Lipinski definition) is 0. The summed E-state index contributed by atoms with van der Waals surface area (Å²) in [6.45, 7) is 6.15. The fourth-order valence-electron chi connectivity index (χ4n) is 5.49. The zero-order chi connectivity index (χ0) is 28.2. The van der Waals surface area contributed by atoms with Crippen LogP contribution in [0.1, 0.15) is 9.75 Å². The molecule has 0 N–H and O–H groups in total. The van der Waals surface area contributed by atoms with Crippen molar-refractivity contribution in [2.24, 2.45) is 0 Å². The first-order valence-electron chi connectivity index (χ1n) is 13.8. The maximum Gasteiger partial charge on any atom is 0.181 e. The predicted octanol–water partition coefficient (Wildman–Crippen LogP) is 7.98. The molecule has 4 aromatic heterocycles. The van der Waals surface area contributed by atoms with Crippen LogP contribution in [0, 0.1) is 13.8 Å². The molecule has 0 atom stereocenters. The summed E-state index contributed by atoms with van der Waals surface area (Å²) in [5, 5.41) is 0. The molecule has 0 fully saturated rings. The van der Waals surface area contributed by atoms with Gasteiger partial charge in [0, 0.05) is 32.6 Å². The lowest BCUT2D eigenvalue weighted by Crippen LogP contribution is -2.15. The second kappa shape index (κ2) is 10.1. The number of rotatable bonds is 4. The minimum absolute atomic E-state index is 0.489. The average Bonchev–Trinajstić information content (AvgIpc) is 3.57. The fraction of sp³-hybridized carbons (Fsp3) is 0.182. The Balaban J connectivity index is 1.47. The molecule has 8 rings (SSSR count). The summed E-state index contributed by atoms with van der Waals surface area (Å²) >= 11 is 3.24. The van der Waals surface area contributed by atoms with Crippen molar-refractivity contribution < 1.29 is 18.9 Å². The molecule has 0 bridgehead atoms. The Morgan fingerprint density at radius 1 is 0.548 bits per heavy atom. The van der Waals surface area contributed by atoms with Crippen molar-refractivity contribution in [2.75, 3.05) is 26.4 Å². The van der Waals surface area contributed by atoms with Crippen LogP contribution in [-0.2, 0) is 0 Å². The van der Waals surface area contributed by atoms with Gasteiger partial charge in [0.25, 0.3) is 0 Å². The fourth-order valence-corrected chi connectivity index (χ4v) is 7.58. The van der Waals surface area contributed by atoms with E-state index < -0.39 is 0 Å². The van der Waals surface area contributed by atoms with E-state index in [1.807, 2.05) is 49.5 Å². The summed E-state index contributed by atoms with van der Waals surface area (Å²) in [6, 6.07) is 20.4. The van der Waals surface area contributed by atoms with Crippen LogP contribution in [0.25, 0.3) is 54.6 Å². The van der Waals surface area contributed by atoms with Gasteiger partial charge in [-0.25, -0.2) is 9.97 Å². The number of aryl methyl sites for hydroxylation is 2. The molecule has 208 valence electrons. The zero-order valence-corrected chi connectivity index (χ0v) is 24.6. The first-order valence-corrected chi connectivity index (χ1v) is 15.4. The largest absolute Gasteiger partial charge is 0.485 e. The molecular weight excluding hydrogens is 567 g/mol. The molecule has 0 aliphatic carbocycles. The van der Waals surface area contributed by atoms with Gasteiger partial charge in [0.15, 0.2) is 23.0 Å². The van der Waals surface area contributed by atoms with Crippen LogP contribution in [0.3, 0.4) is 0 Å². The first kappa shape index (κ1) is 25.3. The first-order chi connectivity index (χ1) is 20.7. The van der Waals surface area contributed by atoms with Crippen molar-refractivity contribution in [1.82, 2.24) is 15.0 Å². The topological polar surface area (TPSA) is 75.6 Å². The quantitative estimate of drug-likeness (QED) is 0.206. The van der Waals surface area contributed by atoms with E-state index in [0.29, 0.717) is 31.9 Å². The summed E-state index contributed by atoms with van der Waals surface area (Å²) in [5.74, 6) is 3.05. The summed E-state index contributed by atoms with van der Waals surface area (Å²) in [6.07, 6.45) is 1.89. The van der Waals surface area contributed by atoms with Crippen LogP contribution in [0.2, 0.25) is 0 Å². The summed E-state index contributed by atoms with van der Waals surface area (Å²) in [7, 11) is 0. The van der Waals surface area contributed by atoms with Gasteiger partial charge in [-0.2, -0.15) is 0 Å². The standard InChI is InChI=1S/C33H25N3O4S2/c1-18-28-30(39-15-13-37-28)32(41-18)22-17-34-27(33-31-29(19(2)42-33)38-14-16-40-31)26-25(22)35-23(20-9-5-3-6-10-20)24(36-26)21-11-7-4-8-12-21/h3-12,17H,13-16H2,1-2H3. The number of hydrogen-bond acceptors (Lipinski definition) is 9. The highest BCUT2D eigenvalue weighted by Crippen LogP contribution is 2.53. The molecule has 0 radical (unpaired) electrons. The van der Waals surface area contributed by atoms with Crippen LogP contribution in [0.4, 0.5) is 0 Å². The third-order valence-corrected chi connectivity index (χ3v) is 9.55. The van der Waals surface area contributed by atoms with E-state index in [9.17, 15) is 0 Å². The second-order valence-electron chi connectivity index (χ2n) is 10.1. The normalized spacial score (nSPS) is 13.9. The van der Waals surface area contributed by atoms with Gasteiger partial charge >= 0.3 is 0 Å². The van der Waals surface area contributed by atoms with E-state index in [4.69, 9.17) is 33.9 Å². The molecule has 2 aliphatic rings. The lowest BCUT2D eigenvalue weighted by atomic mass is 10.0. The molecule has 0 unspecified atom stereocenters. The number of nitrogens with zero attached hydrogens (tertiary/aromatic N) is 3. The smallest absolute Gasteiger partial charge is 0.181 e. The van der Waals surface area contributed by atoms with E-state index >= 15 is 0 Å². The molecule has 0 spiro atoms. The van der Waals surface area contributed by atoms with Crippen LogP contribution in [0.15, 0.2) is 66.9 Å². The third kappa shape index (κ3) is 4.03. The molecule has 2 aliphatic heterocycles. The molecule has 0 saturated carbocycles. The van der Waals surface area contributed by atoms with Gasteiger partial charge in [-0.3, -0.25) is 4.98 Å². The maximum absolute atomic E-state index is 6.15. The molecule has 9 heteroatoms. The van der Waals surface area contributed by atoms with Crippen LogP contribution in [-0.4, -0.2) is 41.4 Å². The summed E-state index contributed by atoms with van der Waals surface area (Å²) < 4.78 is 24.3. The van der Waals surface area contributed by atoms with Crippen molar-refractivity contribution in [3.05, 3.63) is 76.6 Å². The molecule has 7 nitrogen and oxygen atoms in total. The van der Waals surface area contributed by atoms with E-state index in [-0.39, 0.29) is 0 Å². The van der Waals surface area contributed by atoms with Gasteiger partial charge in [-0.15, -0.1) is 22.7 Å². The predicted molar refractivity (Wildman–Crippen MR) is 166 cm³/mol. The summed E-state index contributed by atoms with van der Waals surface area (Å²) in [4.78, 5) is 19.8. The minimum Gasteiger partial charge on any atom is -0.485 e. The highest BCUT2D eigenvalue weighted by molar-refractivity contribution is 7.16. The zero-order valence-electron chi connectivity index (χ0n) is 23.0. The molecule has 0 saturated heterocycles. The van der Waals surface area contributed by atoms with Crippen LogP contribution < -0.4 is 18.9 Å². The number of pyridine rings is 1. The van der Waals surface area contributed by atoms with Crippen molar-refractivity contribution in [3.63, 3.8) is 0 Å². The lowest BCUT2D eigenvalue weighted by molar-refractivity contribution is 0.173. The lowest BCUT2D eigenvalue weighted by Gasteiger charge is -2.19. The van der Waals surface area contributed by atoms with Crippen LogP contribution in [0.5, 0.6) is 23.0 Å². The number of thiophene rings is 2. The molecule has 6 aromatic rings. The van der Waals surface area contributed by atoms with Gasteiger partial charge in [-0.05, 0) is 13.8 Å². The number of benzene rings is 2. The Hall–Kier alpha value is -4.47. The van der Waals surface area contributed by atoms with Gasteiger partial charge in [0.05, 0.1) is 16.3 Å². The third-order valence-electron chi connectivity index (χ3n) is 7.38. The van der Waals surface area contributed by atoms with Crippen molar-refractivity contribution in [3.8, 4) is 66.5 Å². The Kier molecular flexibility index (Phi) is 6.08. The van der Waals surface area contributed by atoms with Gasteiger partial charge in [-0.1, -0.05) is 60.7 Å². The van der Waals surface area contributed by atoms with E-state index in [0.717, 1.165) is 81.8 Å². The second-order valence-corrected chi connectivity index (χ2v) is 12.5. The maximum atomic E-state index is 6.15. The Morgan fingerprint density at radius 3 is 1.60 bits per heavy atom. The van der Waals surface area contributed by atoms with Crippen LogP contribution >= 0.6 is 22.7 Å². The molecule has 2 aromatic carbocycles. The average molecular weight is 592 g/mol. The Labute approximate surface area is 250 Å². The molecule has 42 heavy (non-hydrogen) atoms. The highest BCUT2D eigenvalue weighted by Gasteiger charge is 2.30. The van der Waals surface area contributed by atoms with E-state index in [2.05, 4.69) is 31.2 Å². The van der Waals surface area contributed by atoms with Crippen molar-refractivity contribution in [2.45, 2.75) is 13.8 Å². The minimum atomic E-state index is 0.489. The van der Waals surface area contributed by atoms with Crippen molar-refractivity contribution in [1.29, 1.82) is 0 Å². The molecular formula is C33H25N3O4S2. The number of fused-ring (bicyclic) bond motifs is 3. The monoisotopic (exact) mass is 591 g/mol. The molecule has 0 amide bonds. The van der Waals surface area contributed by atoms with Gasteiger partial charge < -0.3 is 18.9 Å². The van der Waals surface area contributed by atoms with E-state index in [1.165, 1.54) is 0 Å². The molecule has 6 heterocycles. The number of ether oxygens (including phenoxy) is 4. The summed E-state index contributed by atoms with van der Waals surface area (Å²) in [5.41, 5.74) is 6.57. The van der Waals surface area contributed by atoms with Gasteiger partial charge in [0.2, 0.25) is 0 Å². The SMILES string of the molecule is Cc1sc(-c2cnc(-c3sc(C)c4c3OCCO4)c3nc(-c4ccccc4)c(-c4ccccc4)nc23)c2c1OCCO2. The van der Waals surface area contributed by atoms with Gasteiger partial charge in [0.1, 0.15) is 48.0 Å². The number of aromatic nitrogens is 3. The Bertz CT molecular complexity index is 1830. The van der Waals surface area contributed by atoms with Crippen molar-refractivity contribution >= 4 is 33.7 Å². The highest BCUT2D eigenvalue weighted by atomic mass is 32.1.